The maximum absolute atomic E-state index is 5.76. The molecule has 0 aromatic heterocycles. The molecular formula is C17H25N3. The van der Waals surface area contributed by atoms with Gasteiger partial charge in [-0.3, -0.25) is 4.99 Å². The Hall–Kier alpha value is -1.35. The highest BCUT2D eigenvalue weighted by atomic mass is 15.3. The van der Waals surface area contributed by atoms with Crippen LogP contribution in [-0.2, 0) is 12.8 Å². The second kappa shape index (κ2) is 6.40. The van der Waals surface area contributed by atoms with Crippen molar-refractivity contribution in [3.8, 4) is 0 Å². The number of hydrogen-bond donors (Lipinski definition) is 2. The first-order valence-electron chi connectivity index (χ1n) is 7.98. The van der Waals surface area contributed by atoms with Gasteiger partial charge in [-0.1, -0.05) is 49.9 Å². The molecule has 20 heavy (non-hydrogen) atoms. The van der Waals surface area contributed by atoms with Crippen molar-refractivity contribution in [2.24, 2.45) is 16.8 Å². The van der Waals surface area contributed by atoms with Crippen LogP contribution in [0.3, 0.4) is 0 Å². The molecule has 0 saturated heterocycles. The zero-order valence-corrected chi connectivity index (χ0v) is 12.1. The average Bonchev–Trinajstić information content (AvgIpc) is 2.74. The van der Waals surface area contributed by atoms with Crippen LogP contribution in [0.25, 0.3) is 0 Å². The molecule has 0 aliphatic heterocycles. The van der Waals surface area contributed by atoms with Gasteiger partial charge in [0, 0.05) is 5.92 Å². The van der Waals surface area contributed by atoms with Crippen molar-refractivity contribution in [1.29, 1.82) is 0 Å². The summed E-state index contributed by atoms with van der Waals surface area (Å²) < 4.78 is 0. The van der Waals surface area contributed by atoms with Crippen LogP contribution in [0.2, 0.25) is 0 Å². The predicted molar refractivity (Wildman–Crippen MR) is 83.6 cm³/mol. The summed E-state index contributed by atoms with van der Waals surface area (Å²) in [4.78, 5) is 4.96. The van der Waals surface area contributed by atoms with Crippen molar-refractivity contribution in [1.82, 2.24) is 5.43 Å². The number of nitrogens with one attached hydrogen (secondary N) is 1. The van der Waals surface area contributed by atoms with Gasteiger partial charge in [0.2, 0.25) is 0 Å². The fourth-order valence-electron chi connectivity index (χ4n) is 3.60. The molecule has 0 bridgehead atoms. The maximum atomic E-state index is 5.76. The number of fused-ring (bicyclic) bond motifs is 1. The lowest BCUT2D eigenvalue weighted by atomic mass is 10.0. The lowest BCUT2D eigenvalue weighted by molar-refractivity contribution is 0.571. The smallest absolute Gasteiger partial charge is 0.114 e. The van der Waals surface area contributed by atoms with E-state index >= 15 is 0 Å². The molecule has 0 spiro atoms. The Balaban J connectivity index is 1.71. The number of aliphatic imine (C=N–C) groups is 1. The largest absolute Gasteiger partial charge is 0.312 e. The van der Waals surface area contributed by atoms with Gasteiger partial charge in [-0.25, -0.2) is 5.84 Å². The van der Waals surface area contributed by atoms with Gasteiger partial charge in [-0.2, -0.15) is 0 Å². The van der Waals surface area contributed by atoms with Crippen LogP contribution in [0.1, 0.15) is 49.7 Å². The van der Waals surface area contributed by atoms with E-state index < -0.39 is 0 Å². The molecule has 0 amide bonds. The molecule has 0 heterocycles. The van der Waals surface area contributed by atoms with Crippen LogP contribution in [0.15, 0.2) is 29.3 Å². The Bertz CT molecular complexity index is 448. The molecule has 1 aromatic carbocycles. The number of hydrogen-bond acceptors (Lipinski definition) is 2. The topological polar surface area (TPSA) is 50.4 Å². The minimum Gasteiger partial charge on any atom is -0.312 e. The summed E-state index contributed by atoms with van der Waals surface area (Å²) in [5.41, 5.74) is 5.82. The van der Waals surface area contributed by atoms with Crippen molar-refractivity contribution in [3.63, 3.8) is 0 Å². The van der Waals surface area contributed by atoms with Crippen LogP contribution in [0, 0.1) is 5.92 Å². The SMILES string of the molecule is NNC(=NC1CCCCCC1)C1Cc2ccccc2C1. The van der Waals surface area contributed by atoms with E-state index in [4.69, 9.17) is 10.8 Å². The van der Waals surface area contributed by atoms with Crippen molar-refractivity contribution in [3.05, 3.63) is 35.4 Å². The molecule has 3 rings (SSSR count). The predicted octanol–water partition coefficient (Wildman–Crippen LogP) is 2.99. The monoisotopic (exact) mass is 271 g/mol. The summed E-state index contributed by atoms with van der Waals surface area (Å²) in [6, 6.07) is 9.19. The van der Waals surface area contributed by atoms with Gasteiger partial charge in [0.25, 0.3) is 0 Å². The minimum atomic E-state index is 0.445. The number of benzene rings is 1. The zero-order valence-electron chi connectivity index (χ0n) is 12.1. The molecule has 0 radical (unpaired) electrons. The molecule has 0 unspecified atom stereocenters. The lowest BCUT2D eigenvalue weighted by Crippen LogP contribution is -2.37. The lowest BCUT2D eigenvalue weighted by Gasteiger charge is -2.17. The molecule has 3 nitrogen and oxygen atoms in total. The molecule has 0 atom stereocenters. The summed E-state index contributed by atoms with van der Waals surface area (Å²) in [5, 5.41) is 0. The molecule has 1 aromatic rings. The molecule has 108 valence electrons. The number of rotatable bonds is 2. The van der Waals surface area contributed by atoms with Crippen molar-refractivity contribution < 1.29 is 0 Å². The molecular weight excluding hydrogens is 246 g/mol. The molecule has 3 N–H and O–H groups in total. The maximum Gasteiger partial charge on any atom is 0.114 e. The number of nitrogens with zero attached hydrogens (tertiary/aromatic N) is 1. The van der Waals surface area contributed by atoms with Gasteiger partial charge in [-0.15, -0.1) is 0 Å². The second-order valence-electron chi connectivity index (χ2n) is 6.18. The first-order valence-corrected chi connectivity index (χ1v) is 7.98. The van der Waals surface area contributed by atoms with E-state index in [0.29, 0.717) is 12.0 Å². The number of hydrazine groups is 1. The van der Waals surface area contributed by atoms with Crippen LogP contribution >= 0.6 is 0 Å². The fraction of sp³-hybridized carbons (Fsp3) is 0.588. The summed E-state index contributed by atoms with van der Waals surface area (Å²) in [6.07, 6.45) is 9.97. The third-order valence-corrected chi connectivity index (χ3v) is 4.73. The number of nitrogens with two attached hydrogens (primary N) is 1. The highest BCUT2D eigenvalue weighted by Crippen LogP contribution is 2.28. The molecule has 1 fully saturated rings. The van der Waals surface area contributed by atoms with Gasteiger partial charge >= 0.3 is 0 Å². The third kappa shape index (κ3) is 3.04. The Morgan fingerprint density at radius 2 is 1.60 bits per heavy atom. The van der Waals surface area contributed by atoms with Crippen molar-refractivity contribution >= 4 is 5.84 Å². The van der Waals surface area contributed by atoms with Gasteiger partial charge in [0.05, 0.1) is 6.04 Å². The van der Waals surface area contributed by atoms with Crippen molar-refractivity contribution in [2.75, 3.05) is 0 Å². The minimum absolute atomic E-state index is 0.445. The Kier molecular flexibility index (Phi) is 4.36. The van der Waals surface area contributed by atoms with Gasteiger partial charge in [-0.05, 0) is 36.8 Å². The van der Waals surface area contributed by atoms with Gasteiger partial charge < -0.3 is 5.43 Å². The van der Waals surface area contributed by atoms with E-state index in [1.165, 1.54) is 49.7 Å². The van der Waals surface area contributed by atoms with Crippen LogP contribution in [0.4, 0.5) is 0 Å². The quantitative estimate of drug-likeness (QED) is 0.286. The van der Waals surface area contributed by atoms with Crippen LogP contribution in [-0.4, -0.2) is 11.9 Å². The van der Waals surface area contributed by atoms with E-state index in [2.05, 4.69) is 29.7 Å². The normalized spacial score (nSPS) is 21.6. The van der Waals surface area contributed by atoms with Gasteiger partial charge in [0.1, 0.15) is 5.84 Å². The Morgan fingerprint density at radius 3 is 2.15 bits per heavy atom. The van der Waals surface area contributed by atoms with E-state index in [-0.39, 0.29) is 0 Å². The summed E-state index contributed by atoms with van der Waals surface area (Å²) >= 11 is 0. The van der Waals surface area contributed by atoms with Crippen LogP contribution in [0.5, 0.6) is 0 Å². The Labute approximate surface area is 121 Å². The third-order valence-electron chi connectivity index (χ3n) is 4.73. The van der Waals surface area contributed by atoms with E-state index in [1.54, 1.807) is 0 Å². The molecule has 3 heteroatoms. The molecule has 1 saturated carbocycles. The fourth-order valence-corrected chi connectivity index (χ4v) is 3.60. The summed E-state index contributed by atoms with van der Waals surface area (Å²) in [5.74, 6) is 7.23. The Morgan fingerprint density at radius 1 is 1.00 bits per heavy atom. The van der Waals surface area contributed by atoms with E-state index in [9.17, 15) is 0 Å². The van der Waals surface area contributed by atoms with E-state index in [0.717, 1.165) is 18.7 Å². The summed E-state index contributed by atoms with van der Waals surface area (Å²) in [6.45, 7) is 0. The second-order valence-corrected chi connectivity index (χ2v) is 6.18. The highest BCUT2D eigenvalue weighted by molar-refractivity contribution is 5.85. The van der Waals surface area contributed by atoms with Crippen LogP contribution < -0.4 is 11.3 Å². The van der Waals surface area contributed by atoms with E-state index in [1.807, 2.05) is 0 Å². The molecule has 2 aliphatic carbocycles. The zero-order chi connectivity index (χ0) is 13.8. The first kappa shape index (κ1) is 13.6. The highest BCUT2D eigenvalue weighted by Gasteiger charge is 2.26. The summed E-state index contributed by atoms with van der Waals surface area (Å²) in [7, 11) is 0. The number of amidine groups is 1. The average molecular weight is 271 g/mol. The molecule has 2 aliphatic rings. The first-order chi connectivity index (χ1) is 9.86. The standard InChI is InChI=1S/C17H25N3/c18-20-17(19-16-9-3-1-2-4-10-16)15-11-13-7-5-6-8-14(13)12-15/h5-8,15-16H,1-4,9-12,18H2,(H,19,20). The van der Waals surface area contributed by atoms with Gasteiger partial charge in [0.15, 0.2) is 0 Å². The van der Waals surface area contributed by atoms with Crippen molar-refractivity contribution in [2.45, 2.75) is 57.4 Å².